The van der Waals surface area contributed by atoms with E-state index in [1.807, 2.05) is 6.07 Å². The molecule has 1 aromatic heterocycles. The summed E-state index contributed by atoms with van der Waals surface area (Å²) in [6.45, 7) is 2.69. The van der Waals surface area contributed by atoms with Crippen molar-refractivity contribution in [3.63, 3.8) is 0 Å². The van der Waals surface area contributed by atoms with E-state index in [4.69, 9.17) is 9.84 Å². The number of aliphatic hydroxyl groups is 1. The van der Waals surface area contributed by atoms with Gasteiger partial charge in [-0.2, -0.15) is 0 Å². The average Bonchev–Trinajstić information content (AvgIpc) is 2.64. The van der Waals surface area contributed by atoms with Crippen LogP contribution < -0.4 is 5.32 Å². The lowest BCUT2D eigenvalue weighted by Gasteiger charge is -2.20. The number of hydrogen-bond acceptors (Lipinski definition) is 4. The maximum atomic E-state index is 9.11. The summed E-state index contributed by atoms with van der Waals surface area (Å²) in [5.41, 5.74) is 0. The summed E-state index contributed by atoms with van der Waals surface area (Å²) in [5.74, 6) is 0. The van der Waals surface area contributed by atoms with Crippen LogP contribution in [0.4, 0.5) is 0 Å². The second-order valence-corrected chi connectivity index (χ2v) is 5.86. The maximum Gasteiger partial charge on any atom is 0.0701 e. The molecule has 1 aromatic rings. The number of ether oxygens (including phenoxy) is 1. The van der Waals surface area contributed by atoms with E-state index in [0.717, 1.165) is 3.79 Å². The Bertz CT molecular complexity index is 293. The van der Waals surface area contributed by atoms with Gasteiger partial charge in [0.1, 0.15) is 0 Å². The largest absolute Gasteiger partial charge is 0.395 e. The highest BCUT2D eigenvalue weighted by atomic mass is 79.9. The third-order valence-corrected chi connectivity index (χ3v) is 3.90. The molecule has 0 saturated heterocycles. The standard InChI is InChI=1S/C10H16BrNO2S/c1-7(9-3-4-10(11)15-9)12-8(5-13)6-14-2/h3-4,7-8,12-13H,5-6H2,1-2H3. The Labute approximate surface area is 103 Å². The third-order valence-electron chi connectivity index (χ3n) is 2.09. The van der Waals surface area contributed by atoms with Gasteiger partial charge in [-0.3, -0.25) is 0 Å². The molecule has 0 amide bonds. The fourth-order valence-electron chi connectivity index (χ4n) is 1.35. The van der Waals surface area contributed by atoms with Crippen molar-refractivity contribution >= 4 is 27.3 Å². The molecule has 0 radical (unpaired) electrons. The molecular weight excluding hydrogens is 278 g/mol. The molecule has 3 nitrogen and oxygen atoms in total. The quantitative estimate of drug-likeness (QED) is 0.845. The minimum Gasteiger partial charge on any atom is -0.395 e. The minimum atomic E-state index is -0.00845. The van der Waals surface area contributed by atoms with Gasteiger partial charge in [-0.25, -0.2) is 0 Å². The zero-order valence-electron chi connectivity index (χ0n) is 8.87. The Morgan fingerprint density at radius 2 is 2.33 bits per heavy atom. The molecular formula is C10H16BrNO2S. The third kappa shape index (κ3) is 4.20. The molecule has 0 saturated carbocycles. The predicted molar refractivity (Wildman–Crippen MR) is 66.3 cm³/mol. The predicted octanol–water partition coefficient (Wildman–Crippen LogP) is 2.17. The van der Waals surface area contributed by atoms with Crippen molar-refractivity contribution in [1.29, 1.82) is 0 Å². The van der Waals surface area contributed by atoms with Crippen LogP contribution in [0.5, 0.6) is 0 Å². The van der Waals surface area contributed by atoms with Crippen LogP contribution in [0.3, 0.4) is 0 Å². The highest BCUT2D eigenvalue weighted by molar-refractivity contribution is 9.11. The lowest BCUT2D eigenvalue weighted by atomic mass is 10.2. The summed E-state index contributed by atoms with van der Waals surface area (Å²) >= 11 is 5.13. The van der Waals surface area contributed by atoms with E-state index in [0.29, 0.717) is 6.61 Å². The van der Waals surface area contributed by atoms with Gasteiger partial charge in [0.05, 0.1) is 23.0 Å². The summed E-state index contributed by atoms with van der Waals surface area (Å²) in [6.07, 6.45) is 0. The number of hydrogen-bond donors (Lipinski definition) is 2. The topological polar surface area (TPSA) is 41.5 Å². The molecule has 0 aliphatic carbocycles. The number of halogens is 1. The van der Waals surface area contributed by atoms with Crippen LogP contribution in [0.2, 0.25) is 0 Å². The first-order chi connectivity index (χ1) is 7.17. The number of nitrogens with one attached hydrogen (secondary N) is 1. The molecule has 0 aliphatic rings. The lowest BCUT2D eigenvalue weighted by Crippen LogP contribution is -2.37. The molecule has 0 bridgehead atoms. The maximum absolute atomic E-state index is 9.11. The van der Waals surface area contributed by atoms with Gasteiger partial charge in [-0.15, -0.1) is 11.3 Å². The van der Waals surface area contributed by atoms with Crippen molar-refractivity contribution in [1.82, 2.24) is 5.32 Å². The van der Waals surface area contributed by atoms with Crippen LogP contribution in [-0.4, -0.2) is 31.5 Å². The summed E-state index contributed by atoms with van der Waals surface area (Å²) < 4.78 is 6.13. The van der Waals surface area contributed by atoms with Gasteiger partial charge in [0.15, 0.2) is 0 Å². The summed E-state index contributed by atoms with van der Waals surface area (Å²) in [5, 5.41) is 12.4. The first-order valence-corrected chi connectivity index (χ1v) is 6.39. The Morgan fingerprint density at radius 1 is 1.60 bits per heavy atom. The second-order valence-electron chi connectivity index (χ2n) is 3.37. The number of methoxy groups -OCH3 is 1. The van der Waals surface area contributed by atoms with E-state index >= 15 is 0 Å². The van der Waals surface area contributed by atoms with Gasteiger partial charge in [0, 0.05) is 18.0 Å². The lowest BCUT2D eigenvalue weighted by molar-refractivity contribution is 0.123. The monoisotopic (exact) mass is 293 g/mol. The van der Waals surface area contributed by atoms with E-state index < -0.39 is 0 Å². The van der Waals surface area contributed by atoms with E-state index in [9.17, 15) is 0 Å². The summed E-state index contributed by atoms with van der Waals surface area (Å²) in [6, 6.07) is 4.33. The summed E-state index contributed by atoms with van der Waals surface area (Å²) in [4.78, 5) is 1.25. The molecule has 86 valence electrons. The molecule has 1 rings (SSSR count). The van der Waals surface area contributed by atoms with Crippen LogP contribution in [0, 0.1) is 0 Å². The zero-order chi connectivity index (χ0) is 11.3. The Kier molecular flexibility index (Phi) is 5.78. The number of rotatable bonds is 6. The van der Waals surface area contributed by atoms with Crippen molar-refractivity contribution in [3.8, 4) is 0 Å². The van der Waals surface area contributed by atoms with E-state index in [2.05, 4.69) is 34.2 Å². The van der Waals surface area contributed by atoms with E-state index in [1.165, 1.54) is 4.88 Å². The van der Waals surface area contributed by atoms with Crippen molar-refractivity contribution in [2.45, 2.75) is 19.0 Å². The van der Waals surface area contributed by atoms with Gasteiger partial charge in [-0.05, 0) is 35.0 Å². The van der Waals surface area contributed by atoms with Crippen molar-refractivity contribution in [2.75, 3.05) is 20.3 Å². The molecule has 2 N–H and O–H groups in total. The van der Waals surface area contributed by atoms with Crippen LogP contribution in [0.25, 0.3) is 0 Å². The average molecular weight is 294 g/mol. The molecule has 2 unspecified atom stereocenters. The first-order valence-electron chi connectivity index (χ1n) is 4.78. The molecule has 2 atom stereocenters. The van der Waals surface area contributed by atoms with Crippen molar-refractivity contribution in [3.05, 3.63) is 20.8 Å². The van der Waals surface area contributed by atoms with Crippen LogP contribution in [-0.2, 0) is 4.74 Å². The van der Waals surface area contributed by atoms with Gasteiger partial charge >= 0.3 is 0 Å². The van der Waals surface area contributed by atoms with Gasteiger partial charge in [0.25, 0.3) is 0 Å². The molecule has 0 fully saturated rings. The van der Waals surface area contributed by atoms with Crippen molar-refractivity contribution in [2.24, 2.45) is 0 Å². The molecule has 0 spiro atoms. The fraction of sp³-hybridized carbons (Fsp3) is 0.600. The number of thiophene rings is 1. The minimum absolute atomic E-state index is 0.00845. The van der Waals surface area contributed by atoms with E-state index in [-0.39, 0.29) is 18.7 Å². The normalized spacial score (nSPS) is 15.2. The highest BCUT2D eigenvalue weighted by Crippen LogP contribution is 2.27. The van der Waals surface area contributed by atoms with Crippen LogP contribution >= 0.6 is 27.3 Å². The molecule has 0 aliphatic heterocycles. The molecule has 0 aromatic carbocycles. The second kappa shape index (κ2) is 6.60. The number of aliphatic hydroxyl groups excluding tert-OH is 1. The van der Waals surface area contributed by atoms with Gasteiger partial charge in [-0.1, -0.05) is 0 Å². The van der Waals surface area contributed by atoms with Crippen LogP contribution in [0.15, 0.2) is 15.9 Å². The van der Waals surface area contributed by atoms with Crippen LogP contribution in [0.1, 0.15) is 17.8 Å². The van der Waals surface area contributed by atoms with Crippen molar-refractivity contribution < 1.29 is 9.84 Å². The molecule has 15 heavy (non-hydrogen) atoms. The van der Waals surface area contributed by atoms with Gasteiger partial charge < -0.3 is 15.2 Å². The van der Waals surface area contributed by atoms with Gasteiger partial charge in [0.2, 0.25) is 0 Å². The first kappa shape index (κ1) is 13.1. The van der Waals surface area contributed by atoms with E-state index in [1.54, 1.807) is 18.4 Å². The Balaban J connectivity index is 2.50. The Hall–Kier alpha value is 0.0600. The summed E-state index contributed by atoms with van der Waals surface area (Å²) in [7, 11) is 1.64. The fourth-order valence-corrected chi connectivity index (χ4v) is 2.79. The molecule has 5 heteroatoms. The zero-order valence-corrected chi connectivity index (χ0v) is 11.3. The smallest absolute Gasteiger partial charge is 0.0701 e. The Morgan fingerprint density at radius 3 is 2.80 bits per heavy atom. The SMILES string of the molecule is COCC(CO)NC(C)c1ccc(Br)s1. The highest BCUT2D eigenvalue weighted by Gasteiger charge is 2.13. The molecule has 1 heterocycles.